The first-order chi connectivity index (χ1) is 4.56. The molecular formula is C7H18N2S. The van der Waals surface area contributed by atoms with E-state index in [1.807, 2.05) is 25.6 Å². The Morgan fingerprint density at radius 1 is 1.40 bits per heavy atom. The Kier molecular flexibility index (Phi) is 5.13. The maximum atomic E-state index is 5.77. The molecule has 0 rings (SSSR count). The zero-order chi connectivity index (χ0) is 8.04. The minimum Gasteiger partial charge on any atom is -0.330 e. The molecule has 0 fully saturated rings. The van der Waals surface area contributed by atoms with Gasteiger partial charge in [0.1, 0.15) is 0 Å². The third kappa shape index (κ3) is 8.27. The second kappa shape index (κ2) is 4.99. The van der Waals surface area contributed by atoms with E-state index in [0.29, 0.717) is 0 Å². The van der Waals surface area contributed by atoms with Gasteiger partial charge in [0.05, 0.1) is 0 Å². The van der Waals surface area contributed by atoms with Gasteiger partial charge in [0.25, 0.3) is 0 Å². The predicted molar refractivity (Wildman–Crippen MR) is 49.3 cm³/mol. The molecule has 0 aromatic rings. The van der Waals surface area contributed by atoms with Gasteiger partial charge in [0.2, 0.25) is 0 Å². The van der Waals surface area contributed by atoms with Crippen LogP contribution in [0.3, 0.4) is 0 Å². The van der Waals surface area contributed by atoms with E-state index in [1.54, 1.807) is 0 Å². The lowest BCUT2D eigenvalue weighted by molar-refractivity contribution is 0.591. The quantitative estimate of drug-likeness (QED) is 0.588. The van der Waals surface area contributed by atoms with Gasteiger partial charge in [0.15, 0.2) is 0 Å². The Hall–Kier alpha value is 0.270. The molecule has 4 N–H and O–H groups in total. The monoisotopic (exact) mass is 162 g/mol. The lowest BCUT2D eigenvalue weighted by Crippen LogP contribution is -2.34. The van der Waals surface area contributed by atoms with Crippen molar-refractivity contribution in [2.24, 2.45) is 11.5 Å². The van der Waals surface area contributed by atoms with Crippen LogP contribution in [0.2, 0.25) is 0 Å². The third-order valence-electron chi connectivity index (χ3n) is 0.967. The van der Waals surface area contributed by atoms with Gasteiger partial charge in [-0.15, -0.1) is 0 Å². The summed E-state index contributed by atoms with van der Waals surface area (Å²) in [5.74, 6) is 2.16. The second-order valence-electron chi connectivity index (χ2n) is 3.18. The van der Waals surface area contributed by atoms with E-state index in [2.05, 4.69) is 0 Å². The summed E-state index contributed by atoms with van der Waals surface area (Å²) in [6.45, 7) is 4.88. The van der Waals surface area contributed by atoms with E-state index in [-0.39, 0.29) is 5.54 Å². The Morgan fingerprint density at radius 2 is 2.00 bits per heavy atom. The molecule has 0 aromatic carbocycles. The van der Waals surface area contributed by atoms with Crippen molar-refractivity contribution in [3.05, 3.63) is 0 Å². The van der Waals surface area contributed by atoms with Gasteiger partial charge in [-0.05, 0) is 32.6 Å². The topological polar surface area (TPSA) is 52.0 Å². The third-order valence-corrected chi connectivity index (χ3v) is 2.49. The van der Waals surface area contributed by atoms with Crippen LogP contribution in [0.15, 0.2) is 0 Å². The molecule has 0 saturated carbocycles. The van der Waals surface area contributed by atoms with E-state index in [9.17, 15) is 0 Å². The lowest BCUT2D eigenvalue weighted by atomic mass is 10.1. The highest BCUT2D eigenvalue weighted by molar-refractivity contribution is 7.99. The molecule has 2 nitrogen and oxygen atoms in total. The number of thioether (sulfide) groups is 1. The molecule has 10 heavy (non-hydrogen) atoms. The normalized spacial score (nSPS) is 12.0. The van der Waals surface area contributed by atoms with E-state index in [4.69, 9.17) is 11.5 Å². The number of rotatable bonds is 5. The molecule has 3 heteroatoms. The van der Waals surface area contributed by atoms with Crippen LogP contribution in [0.25, 0.3) is 0 Å². The zero-order valence-corrected chi connectivity index (χ0v) is 7.71. The Bertz CT molecular complexity index is 78.2. The first-order valence-corrected chi connectivity index (χ1v) is 4.78. The SMILES string of the molecule is CC(C)(N)CSCCCN. The molecule has 0 bridgehead atoms. The van der Waals surface area contributed by atoms with Crippen molar-refractivity contribution in [1.29, 1.82) is 0 Å². The first kappa shape index (κ1) is 10.3. The van der Waals surface area contributed by atoms with Crippen molar-refractivity contribution in [1.82, 2.24) is 0 Å². The fourth-order valence-corrected chi connectivity index (χ4v) is 1.56. The standard InChI is InChI=1S/C7H18N2S/c1-7(2,9)6-10-5-3-4-8/h3-6,8-9H2,1-2H3. The van der Waals surface area contributed by atoms with Crippen molar-refractivity contribution in [3.63, 3.8) is 0 Å². The summed E-state index contributed by atoms with van der Waals surface area (Å²) in [5, 5.41) is 0. The van der Waals surface area contributed by atoms with Crippen LogP contribution in [0, 0.1) is 0 Å². The maximum absolute atomic E-state index is 5.77. The van der Waals surface area contributed by atoms with Crippen LogP contribution in [0.5, 0.6) is 0 Å². The largest absolute Gasteiger partial charge is 0.330 e. The highest BCUT2D eigenvalue weighted by Crippen LogP contribution is 2.09. The zero-order valence-electron chi connectivity index (χ0n) is 6.89. The second-order valence-corrected chi connectivity index (χ2v) is 4.29. The van der Waals surface area contributed by atoms with E-state index < -0.39 is 0 Å². The fourth-order valence-electron chi connectivity index (χ4n) is 0.521. The van der Waals surface area contributed by atoms with Gasteiger partial charge in [-0.25, -0.2) is 0 Å². The molecule has 0 amide bonds. The van der Waals surface area contributed by atoms with Gasteiger partial charge in [-0.3, -0.25) is 0 Å². The fraction of sp³-hybridized carbons (Fsp3) is 1.00. The summed E-state index contributed by atoms with van der Waals surface area (Å²) in [6.07, 6.45) is 1.10. The summed E-state index contributed by atoms with van der Waals surface area (Å²) < 4.78 is 0. The average molecular weight is 162 g/mol. The summed E-state index contributed by atoms with van der Waals surface area (Å²) in [6, 6.07) is 0. The minimum atomic E-state index is -0.0285. The van der Waals surface area contributed by atoms with Crippen molar-refractivity contribution in [2.45, 2.75) is 25.8 Å². The molecule has 62 valence electrons. The molecule has 0 aliphatic heterocycles. The highest BCUT2D eigenvalue weighted by atomic mass is 32.2. The first-order valence-electron chi connectivity index (χ1n) is 3.63. The minimum absolute atomic E-state index is 0.0285. The van der Waals surface area contributed by atoms with Gasteiger partial charge in [-0.1, -0.05) is 0 Å². The molecule has 0 spiro atoms. The van der Waals surface area contributed by atoms with Crippen molar-refractivity contribution < 1.29 is 0 Å². The smallest absolute Gasteiger partial charge is 0.0188 e. The van der Waals surface area contributed by atoms with Crippen LogP contribution in [-0.2, 0) is 0 Å². The lowest BCUT2D eigenvalue weighted by Gasteiger charge is -2.17. The Morgan fingerprint density at radius 3 is 2.40 bits per heavy atom. The molecule has 0 aliphatic carbocycles. The Balaban J connectivity index is 3.04. The van der Waals surface area contributed by atoms with Crippen LogP contribution in [0.1, 0.15) is 20.3 Å². The van der Waals surface area contributed by atoms with Crippen LogP contribution in [-0.4, -0.2) is 23.6 Å². The maximum Gasteiger partial charge on any atom is 0.0188 e. The summed E-state index contributed by atoms with van der Waals surface area (Å²) in [5.41, 5.74) is 11.1. The highest BCUT2D eigenvalue weighted by Gasteiger charge is 2.08. The predicted octanol–water partition coefficient (Wildman–Crippen LogP) is 0.806. The van der Waals surface area contributed by atoms with E-state index in [0.717, 1.165) is 24.5 Å². The van der Waals surface area contributed by atoms with Crippen LogP contribution in [0.4, 0.5) is 0 Å². The average Bonchev–Trinajstić information content (AvgIpc) is 1.78. The molecule has 0 saturated heterocycles. The van der Waals surface area contributed by atoms with Crippen molar-refractivity contribution in [3.8, 4) is 0 Å². The van der Waals surface area contributed by atoms with Gasteiger partial charge in [0, 0.05) is 11.3 Å². The van der Waals surface area contributed by atoms with Gasteiger partial charge >= 0.3 is 0 Å². The summed E-state index contributed by atoms with van der Waals surface area (Å²) in [7, 11) is 0. The molecule has 0 radical (unpaired) electrons. The molecule has 0 aliphatic rings. The summed E-state index contributed by atoms with van der Waals surface area (Å²) in [4.78, 5) is 0. The molecular weight excluding hydrogens is 144 g/mol. The van der Waals surface area contributed by atoms with Gasteiger partial charge < -0.3 is 11.5 Å². The molecule has 0 atom stereocenters. The number of hydrogen-bond acceptors (Lipinski definition) is 3. The summed E-state index contributed by atoms with van der Waals surface area (Å²) >= 11 is 1.88. The molecule has 0 aromatic heterocycles. The Labute approximate surface area is 67.7 Å². The molecule has 0 unspecified atom stereocenters. The van der Waals surface area contributed by atoms with E-state index in [1.165, 1.54) is 0 Å². The molecule has 0 heterocycles. The van der Waals surface area contributed by atoms with Crippen LogP contribution >= 0.6 is 11.8 Å². The number of hydrogen-bond donors (Lipinski definition) is 2. The van der Waals surface area contributed by atoms with Crippen LogP contribution < -0.4 is 11.5 Å². The van der Waals surface area contributed by atoms with Gasteiger partial charge in [-0.2, -0.15) is 11.8 Å². The number of nitrogens with two attached hydrogens (primary N) is 2. The van der Waals surface area contributed by atoms with E-state index >= 15 is 0 Å². The van der Waals surface area contributed by atoms with Crippen molar-refractivity contribution >= 4 is 11.8 Å². The van der Waals surface area contributed by atoms with Crippen molar-refractivity contribution in [2.75, 3.05) is 18.1 Å².